The summed E-state index contributed by atoms with van der Waals surface area (Å²) >= 11 is 1.40. The minimum Gasteiger partial charge on any atom is -0.491 e. The molecule has 0 aliphatic rings. The first kappa shape index (κ1) is 17.9. The van der Waals surface area contributed by atoms with E-state index in [2.05, 4.69) is 0 Å². The van der Waals surface area contributed by atoms with Gasteiger partial charge in [0.15, 0.2) is 0 Å². The summed E-state index contributed by atoms with van der Waals surface area (Å²) in [6.45, 7) is 3.82. The quantitative estimate of drug-likeness (QED) is 0.829. The molecule has 0 saturated heterocycles. The van der Waals surface area contributed by atoms with Gasteiger partial charge in [0.1, 0.15) is 11.9 Å². The van der Waals surface area contributed by atoms with Gasteiger partial charge in [0.2, 0.25) is 10.0 Å². The van der Waals surface area contributed by atoms with Crippen molar-refractivity contribution in [1.82, 2.24) is 4.31 Å². The number of benzene rings is 1. The lowest BCUT2D eigenvalue weighted by Gasteiger charge is -2.20. The predicted octanol–water partition coefficient (Wildman–Crippen LogP) is 2.89. The van der Waals surface area contributed by atoms with E-state index in [0.29, 0.717) is 5.75 Å². The summed E-state index contributed by atoms with van der Waals surface area (Å²) in [5.74, 6) is 0.625. The zero-order valence-corrected chi connectivity index (χ0v) is 15.0. The Bertz CT molecular complexity index is 709. The number of thiophene rings is 1. The fraction of sp³-hybridized carbons (Fsp3) is 0.375. The number of rotatable bonds is 7. The van der Waals surface area contributed by atoms with Gasteiger partial charge in [0, 0.05) is 18.5 Å². The van der Waals surface area contributed by atoms with Crippen LogP contribution < -0.4 is 4.74 Å². The first-order valence-corrected chi connectivity index (χ1v) is 9.57. The van der Waals surface area contributed by atoms with Crippen LogP contribution in [0, 0.1) is 0 Å². The fourth-order valence-corrected chi connectivity index (χ4v) is 3.94. The van der Waals surface area contributed by atoms with Crippen molar-refractivity contribution in [3.8, 4) is 5.75 Å². The van der Waals surface area contributed by atoms with Gasteiger partial charge >= 0.3 is 0 Å². The van der Waals surface area contributed by atoms with Crippen LogP contribution in [-0.2, 0) is 10.0 Å². The lowest BCUT2D eigenvalue weighted by molar-refractivity contribution is 0.158. The van der Waals surface area contributed by atoms with Crippen molar-refractivity contribution in [3.05, 3.63) is 46.7 Å². The van der Waals surface area contributed by atoms with Crippen LogP contribution in [-0.4, -0.2) is 37.5 Å². The number of nitrogens with zero attached hydrogens (tertiary/aromatic N) is 1. The van der Waals surface area contributed by atoms with E-state index in [1.807, 2.05) is 25.3 Å². The van der Waals surface area contributed by atoms with Crippen LogP contribution in [0.5, 0.6) is 5.75 Å². The normalized spacial score (nSPS) is 13.5. The lowest BCUT2D eigenvalue weighted by Crippen LogP contribution is -2.31. The topological polar surface area (TPSA) is 66.8 Å². The number of likely N-dealkylation sites (N-methyl/N-ethyl adjacent to an activating group) is 1. The molecule has 0 fully saturated rings. The molecule has 126 valence electrons. The fourth-order valence-electron chi connectivity index (χ4n) is 2.05. The highest BCUT2D eigenvalue weighted by molar-refractivity contribution is 7.89. The van der Waals surface area contributed by atoms with Crippen LogP contribution in [0.3, 0.4) is 0 Å². The van der Waals surface area contributed by atoms with Crippen LogP contribution in [0.1, 0.15) is 24.8 Å². The van der Waals surface area contributed by atoms with Crippen molar-refractivity contribution < 1.29 is 18.3 Å². The molecule has 0 bridgehead atoms. The molecule has 1 heterocycles. The number of hydrogen-bond acceptors (Lipinski definition) is 5. The Labute approximate surface area is 141 Å². The second-order valence-corrected chi connectivity index (χ2v) is 8.48. The van der Waals surface area contributed by atoms with Crippen LogP contribution in [0.2, 0.25) is 0 Å². The van der Waals surface area contributed by atoms with Gasteiger partial charge in [-0.05, 0) is 49.6 Å². The molecular weight excluding hydrogens is 334 g/mol. The van der Waals surface area contributed by atoms with Crippen molar-refractivity contribution in [2.24, 2.45) is 0 Å². The van der Waals surface area contributed by atoms with Gasteiger partial charge in [0.25, 0.3) is 0 Å². The second kappa shape index (κ2) is 7.44. The summed E-state index contributed by atoms with van der Waals surface area (Å²) in [4.78, 5) is 0.919. The third-order valence-corrected chi connectivity index (χ3v) is 6.02. The maximum absolute atomic E-state index is 12.5. The minimum absolute atomic E-state index is 0.00704. The van der Waals surface area contributed by atoms with Crippen molar-refractivity contribution in [1.29, 1.82) is 0 Å². The molecular formula is C16H21NO4S2. The molecule has 1 unspecified atom stereocenters. The zero-order chi connectivity index (χ0) is 17.0. The molecule has 0 aliphatic carbocycles. The first-order valence-electron chi connectivity index (χ1n) is 7.25. The SMILES string of the molecule is CC(C)Oc1ccc(S(=O)(=O)N(C)CC(O)c2cccs2)cc1. The average molecular weight is 355 g/mol. The number of sulfonamides is 1. The van der Waals surface area contributed by atoms with Crippen LogP contribution in [0.15, 0.2) is 46.7 Å². The van der Waals surface area contributed by atoms with Crippen LogP contribution in [0.25, 0.3) is 0 Å². The number of ether oxygens (including phenoxy) is 1. The minimum atomic E-state index is -3.65. The summed E-state index contributed by atoms with van der Waals surface area (Å²) in [7, 11) is -2.18. The molecule has 5 nitrogen and oxygen atoms in total. The average Bonchev–Trinajstić information content (AvgIpc) is 3.01. The van der Waals surface area contributed by atoms with E-state index in [9.17, 15) is 13.5 Å². The smallest absolute Gasteiger partial charge is 0.242 e. The van der Waals surface area contributed by atoms with E-state index in [1.165, 1.54) is 30.5 Å². The molecule has 1 atom stereocenters. The molecule has 7 heteroatoms. The van der Waals surface area contributed by atoms with E-state index in [0.717, 1.165) is 9.18 Å². The molecule has 1 aromatic heterocycles. The highest BCUT2D eigenvalue weighted by Crippen LogP contribution is 2.23. The largest absolute Gasteiger partial charge is 0.491 e. The first-order chi connectivity index (χ1) is 10.8. The molecule has 2 aromatic rings. The summed E-state index contributed by atoms with van der Waals surface area (Å²) in [6.07, 6.45) is -0.806. The molecule has 2 rings (SSSR count). The zero-order valence-electron chi connectivity index (χ0n) is 13.3. The van der Waals surface area contributed by atoms with Gasteiger partial charge in [0.05, 0.1) is 11.0 Å². The lowest BCUT2D eigenvalue weighted by atomic mass is 10.3. The van der Waals surface area contributed by atoms with Crippen molar-refractivity contribution in [2.75, 3.05) is 13.6 Å². The molecule has 0 spiro atoms. The van der Waals surface area contributed by atoms with Crippen molar-refractivity contribution in [3.63, 3.8) is 0 Å². The van der Waals surface area contributed by atoms with Crippen LogP contribution >= 0.6 is 11.3 Å². The van der Waals surface area contributed by atoms with E-state index in [4.69, 9.17) is 4.74 Å². The molecule has 23 heavy (non-hydrogen) atoms. The summed E-state index contributed by atoms with van der Waals surface area (Å²) in [6, 6.07) is 9.91. The van der Waals surface area contributed by atoms with Gasteiger partial charge < -0.3 is 9.84 Å². The number of aliphatic hydroxyl groups is 1. The second-order valence-electron chi connectivity index (χ2n) is 5.45. The Hall–Kier alpha value is -1.41. The van der Waals surface area contributed by atoms with Crippen LogP contribution in [0.4, 0.5) is 0 Å². The van der Waals surface area contributed by atoms with Gasteiger partial charge in [-0.1, -0.05) is 6.07 Å². The van der Waals surface area contributed by atoms with E-state index in [1.54, 1.807) is 18.2 Å². The van der Waals surface area contributed by atoms with Gasteiger partial charge in [-0.15, -0.1) is 11.3 Å². The van der Waals surface area contributed by atoms with E-state index in [-0.39, 0.29) is 17.5 Å². The maximum atomic E-state index is 12.5. The van der Waals surface area contributed by atoms with Gasteiger partial charge in [-0.2, -0.15) is 4.31 Å². The number of aliphatic hydroxyl groups excluding tert-OH is 1. The Balaban J connectivity index is 2.10. The van der Waals surface area contributed by atoms with Crippen molar-refractivity contribution >= 4 is 21.4 Å². The van der Waals surface area contributed by atoms with Gasteiger partial charge in [-0.3, -0.25) is 0 Å². The Morgan fingerprint density at radius 1 is 1.22 bits per heavy atom. The number of hydrogen-bond donors (Lipinski definition) is 1. The highest BCUT2D eigenvalue weighted by Gasteiger charge is 2.24. The molecule has 0 radical (unpaired) electrons. The Morgan fingerprint density at radius 2 is 1.87 bits per heavy atom. The molecule has 1 N–H and O–H groups in total. The standard InChI is InChI=1S/C16H21NO4S2/c1-12(2)21-13-6-8-14(9-7-13)23(19,20)17(3)11-15(18)16-5-4-10-22-16/h4-10,12,15,18H,11H2,1-3H3. The van der Waals surface area contributed by atoms with Crippen molar-refractivity contribution in [2.45, 2.75) is 31.0 Å². The Morgan fingerprint density at radius 3 is 2.39 bits per heavy atom. The summed E-state index contributed by atoms with van der Waals surface area (Å²) in [5, 5.41) is 12.0. The summed E-state index contributed by atoms with van der Waals surface area (Å²) in [5.41, 5.74) is 0. The van der Waals surface area contributed by atoms with Gasteiger partial charge in [-0.25, -0.2) is 8.42 Å². The molecule has 0 amide bonds. The summed E-state index contributed by atoms with van der Waals surface area (Å²) < 4.78 is 31.8. The molecule has 0 saturated carbocycles. The third-order valence-electron chi connectivity index (χ3n) is 3.21. The third kappa shape index (κ3) is 4.54. The molecule has 0 aliphatic heterocycles. The Kier molecular flexibility index (Phi) is 5.80. The highest BCUT2D eigenvalue weighted by atomic mass is 32.2. The van der Waals surface area contributed by atoms with E-state index < -0.39 is 16.1 Å². The monoisotopic (exact) mass is 355 g/mol. The van der Waals surface area contributed by atoms with E-state index >= 15 is 0 Å². The maximum Gasteiger partial charge on any atom is 0.242 e. The predicted molar refractivity (Wildman–Crippen MR) is 91.3 cm³/mol. The molecule has 1 aromatic carbocycles.